The van der Waals surface area contributed by atoms with Crippen molar-refractivity contribution in [3.8, 4) is 17.2 Å². The third kappa shape index (κ3) is 3.72. The summed E-state index contributed by atoms with van der Waals surface area (Å²) in [5, 5.41) is -0.0411. The monoisotopic (exact) mass is 385 g/mol. The Balaban J connectivity index is 1.51. The number of nitrogens with zero attached hydrogens (tertiary/aromatic N) is 1. The normalized spacial score (nSPS) is 21.4. The fraction of sp³-hybridized carbons (Fsp3) is 0.381. The maximum Gasteiger partial charge on any atom is 0.236 e. The van der Waals surface area contributed by atoms with Crippen molar-refractivity contribution in [3.05, 3.63) is 53.6 Å². The first-order chi connectivity index (χ1) is 13.2. The second kappa shape index (κ2) is 7.72. The SMILES string of the molecule is COc1ccc(CCN2C(=O)C(C)SC2c2ccc3c(c2)OCCO3)cc1. The third-order valence-corrected chi connectivity index (χ3v) is 6.29. The quantitative estimate of drug-likeness (QED) is 0.786. The van der Waals surface area contributed by atoms with Crippen LogP contribution < -0.4 is 14.2 Å². The van der Waals surface area contributed by atoms with Gasteiger partial charge >= 0.3 is 0 Å². The molecule has 0 spiro atoms. The number of ether oxygens (including phenoxy) is 3. The molecule has 0 N–H and O–H groups in total. The van der Waals surface area contributed by atoms with Crippen LogP contribution in [-0.2, 0) is 11.2 Å². The Labute approximate surface area is 163 Å². The van der Waals surface area contributed by atoms with E-state index in [1.54, 1.807) is 18.9 Å². The maximum absolute atomic E-state index is 12.7. The molecule has 2 unspecified atom stereocenters. The van der Waals surface area contributed by atoms with Crippen molar-refractivity contribution in [3.63, 3.8) is 0 Å². The highest BCUT2D eigenvalue weighted by molar-refractivity contribution is 8.01. The minimum atomic E-state index is -0.0425. The molecule has 5 nitrogen and oxygen atoms in total. The molecule has 1 amide bonds. The van der Waals surface area contributed by atoms with Crippen LogP contribution in [0.3, 0.4) is 0 Å². The highest BCUT2D eigenvalue weighted by Gasteiger charge is 2.38. The van der Waals surface area contributed by atoms with Crippen molar-refractivity contribution in [2.75, 3.05) is 26.9 Å². The summed E-state index contributed by atoms with van der Waals surface area (Å²) >= 11 is 1.69. The average Bonchev–Trinajstić information content (AvgIpc) is 3.00. The van der Waals surface area contributed by atoms with Gasteiger partial charge in [0.25, 0.3) is 0 Å². The number of carbonyl (C=O) groups is 1. The molecule has 0 aromatic heterocycles. The molecule has 0 bridgehead atoms. The van der Waals surface area contributed by atoms with E-state index in [9.17, 15) is 4.79 Å². The summed E-state index contributed by atoms with van der Waals surface area (Å²) < 4.78 is 16.5. The minimum absolute atomic E-state index is 0.00146. The number of thioether (sulfide) groups is 1. The van der Waals surface area contributed by atoms with Gasteiger partial charge < -0.3 is 19.1 Å². The second-order valence-electron chi connectivity index (χ2n) is 6.66. The van der Waals surface area contributed by atoms with Gasteiger partial charge in [0.2, 0.25) is 5.91 Å². The molecule has 2 aliphatic heterocycles. The molecule has 0 radical (unpaired) electrons. The molecule has 1 saturated heterocycles. The molecule has 1 fully saturated rings. The van der Waals surface area contributed by atoms with Gasteiger partial charge in [0.05, 0.1) is 12.4 Å². The van der Waals surface area contributed by atoms with Gasteiger partial charge in [-0.25, -0.2) is 0 Å². The molecule has 4 rings (SSSR count). The van der Waals surface area contributed by atoms with Crippen LogP contribution in [0.1, 0.15) is 23.4 Å². The smallest absolute Gasteiger partial charge is 0.236 e. The zero-order chi connectivity index (χ0) is 18.8. The van der Waals surface area contributed by atoms with E-state index in [4.69, 9.17) is 14.2 Å². The van der Waals surface area contributed by atoms with Crippen LogP contribution in [-0.4, -0.2) is 42.9 Å². The largest absolute Gasteiger partial charge is 0.497 e. The van der Waals surface area contributed by atoms with Crippen LogP contribution in [0.15, 0.2) is 42.5 Å². The first-order valence-electron chi connectivity index (χ1n) is 9.14. The standard InChI is InChI=1S/C21H23NO4S/c1-14-20(23)22(10-9-15-3-6-17(24-2)7-4-15)21(27-14)16-5-8-18-19(13-16)26-12-11-25-18/h3-8,13-14,21H,9-12H2,1-2H3. The van der Waals surface area contributed by atoms with Crippen LogP contribution in [0.5, 0.6) is 17.2 Å². The molecule has 0 saturated carbocycles. The number of rotatable bonds is 5. The van der Waals surface area contributed by atoms with E-state index in [0.29, 0.717) is 19.8 Å². The van der Waals surface area contributed by atoms with Crippen LogP contribution in [0.25, 0.3) is 0 Å². The van der Waals surface area contributed by atoms with Crippen LogP contribution in [0.4, 0.5) is 0 Å². The van der Waals surface area contributed by atoms with Crippen molar-refractivity contribution >= 4 is 17.7 Å². The van der Waals surface area contributed by atoms with E-state index in [0.717, 1.165) is 29.2 Å². The minimum Gasteiger partial charge on any atom is -0.497 e. The predicted molar refractivity (Wildman–Crippen MR) is 106 cm³/mol. The number of amides is 1. The molecule has 2 aromatic carbocycles. The Morgan fingerprint density at radius 1 is 1.11 bits per heavy atom. The Kier molecular flexibility index (Phi) is 5.16. The number of fused-ring (bicyclic) bond motifs is 1. The van der Waals surface area contributed by atoms with Crippen molar-refractivity contribution in [2.45, 2.75) is 24.0 Å². The van der Waals surface area contributed by atoms with Crippen LogP contribution >= 0.6 is 11.8 Å². The van der Waals surface area contributed by atoms with E-state index in [1.165, 1.54) is 5.56 Å². The van der Waals surface area contributed by atoms with Crippen LogP contribution in [0, 0.1) is 0 Å². The predicted octanol–water partition coefficient (Wildman–Crippen LogP) is 3.67. The highest BCUT2D eigenvalue weighted by Crippen LogP contribution is 2.45. The molecule has 2 heterocycles. The molecule has 27 heavy (non-hydrogen) atoms. The number of hydrogen-bond acceptors (Lipinski definition) is 5. The fourth-order valence-electron chi connectivity index (χ4n) is 3.42. The molecule has 2 aromatic rings. The summed E-state index contributed by atoms with van der Waals surface area (Å²) in [6.07, 6.45) is 0.810. The van der Waals surface area contributed by atoms with E-state index in [-0.39, 0.29) is 16.5 Å². The van der Waals surface area contributed by atoms with E-state index in [2.05, 4.69) is 12.1 Å². The van der Waals surface area contributed by atoms with Crippen molar-refractivity contribution in [1.29, 1.82) is 0 Å². The number of carbonyl (C=O) groups excluding carboxylic acids is 1. The fourth-order valence-corrected chi connectivity index (χ4v) is 4.71. The Morgan fingerprint density at radius 3 is 2.59 bits per heavy atom. The first-order valence-corrected chi connectivity index (χ1v) is 10.1. The van der Waals surface area contributed by atoms with Crippen molar-refractivity contribution < 1.29 is 19.0 Å². The highest BCUT2D eigenvalue weighted by atomic mass is 32.2. The van der Waals surface area contributed by atoms with E-state index >= 15 is 0 Å². The molecule has 0 aliphatic carbocycles. The molecule has 2 aliphatic rings. The van der Waals surface area contributed by atoms with Crippen LogP contribution in [0.2, 0.25) is 0 Å². The number of methoxy groups -OCH3 is 1. The van der Waals surface area contributed by atoms with Gasteiger partial charge in [-0.05, 0) is 48.7 Å². The Hall–Kier alpha value is -2.34. The van der Waals surface area contributed by atoms with Gasteiger partial charge in [-0.15, -0.1) is 11.8 Å². The number of benzene rings is 2. The number of hydrogen-bond donors (Lipinski definition) is 0. The average molecular weight is 385 g/mol. The Bertz CT molecular complexity index is 823. The van der Waals surface area contributed by atoms with Gasteiger partial charge in [-0.3, -0.25) is 4.79 Å². The molecule has 142 valence electrons. The summed E-state index contributed by atoms with van der Waals surface area (Å²) in [6.45, 7) is 3.80. The summed E-state index contributed by atoms with van der Waals surface area (Å²) in [7, 11) is 1.66. The van der Waals surface area contributed by atoms with E-state index < -0.39 is 0 Å². The molecular weight excluding hydrogens is 362 g/mol. The van der Waals surface area contributed by atoms with Crippen molar-refractivity contribution in [2.24, 2.45) is 0 Å². The van der Waals surface area contributed by atoms with Gasteiger partial charge in [0, 0.05) is 6.54 Å². The van der Waals surface area contributed by atoms with Gasteiger partial charge in [0.15, 0.2) is 11.5 Å². The molecule has 2 atom stereocenters. The lowest BCUT2D eigenvalue weighted by molar-refractivity contribution is -0.129. The summed E-state index contributed by atoms with van der Waals surface area (Å²) in [5.41, 5.74) is 2.27. The van der Waals surface area contributed by atoms with Gasteiger partial charge in [0.1, 0.15) is 24.3 Å². The van der Waals surface area contributed by atoms with Gasteiger partial charge in [-0.1, -0.05) is 18.2 Å². The van der Waals surface area contributed by atoms with Gasteiger partial charge in [-0.2, -0.15) is 0 Å². The summed E-state index contributed by atoms with van der Waals surface area (Å²) in [4.78, 5) is 14.7. The molecular formula is C21H23NO4S. The first kappa shape index (κ1) is 18.0. The lowest BCUT2D eigenvalue weighted by Gasteiger charge is -2.26. The Morgan fingerprint density at radius 2 is 1.85 bits per heavy atom. The second-order valence-corrected chi connectivity index (χ2v) is 8.09. The maximum atomic E-state index is 12.7. The lowest BCUT2D eigenvalue weighted by atomic mass is 10.1. The lowest BCUT2D eigenvalue weighted by Crippen LogP contribution is -2.32. The van der Waals surface area contributed by atoms with E-state index in [1.807, 2.05) is 42.2 Å². The zero-order valence-corrected chi connectivity index (χ0v) is 16.3. The zero-order valence-electron chi connectivity index (χ0n) is 15.5. The summed E-state index contributed by atoms with van der Waals surface area (Å²) in [5.74, 6) is 2.57. The topological polar surface area (TPSA) is 48.0 Å². The molecule has 6 heteroatoms. The summed E-state index contributed by atoms with van der Waals surface area (Å²) in [6, 6.07) is 14.0. The van der Waals surface area contributed by atoms with Crippen molar-refractivity contribution in [1.82, 2.24) is 4.90 Å². The third-order valence-electron chi connectivity index (χ3n) is 4.90.